The van der Waals surface area contributed by atoms with Crippen LogP contribution in [-0.4, -0.2) is 31.5 Å². The predicted molar refractivity (Wildman–Crippen MR) is 101 cm³/mol. The van der Waals surface area contributed by atoms with Gasteiger partial charge < -0.3 is 10.6 Å². The summed E-state index contributed by atoms with van der Waals surface area (Å²) in [5.41, 5.74) is 1.28. The van der Waals surface area contributed by atoms with Gasteiger partial charge in [-0.1, -0.05) is 18.2 Å². The summed E-state index contributed by atoms with van der Waals surface area (Å²) in [7, 11) is -3.07. The highest BCUT2D eigenvalue weighted by molar-refractivity contribution is 7.91. The molecule has 3 rings (SSSR count). The molecule has 26 heavy (non-hydrogen) atoms. The first-order valence-corrected chi connectivity index (χ1v) is 10.0. The fourth-order valence-corrected chi connectivity index (χ4v) is 4.86. The summed E-state index contributed by atoms with van der Waals surface area (Å²) in [5.74, 6) is 0.0666. The van der Waals surface area contributed by atoms with Gasteiger partial charge in [-0.25, -0.2) is 13.2 Å². The molecule has 0 spiro atoms. The number of urea groups is 1. The number of azo groups is 1. The highest BCUT2D eigenvalue weighted by atomic mass is 32.2. The molecule has 1 fully saturated rings. The van der Waals surface area contributed by atoms with E-state index in [9.17, 15) is 13.2 Å². The molecule has 2 N–H and O–H groups in total. The fourth-order valence-electron chi connectivity index (χ4n) is 2.77. The maximum absolute atomic E-state index is 12.1. The Labute approximate surface area is 152 Å². The van der Waals surface area contributed by atoms with Crippen LogP contribution < -0.4 is 10.6 Å². The number of carbonyl (C=O) groups excluding carboxylic acids is 1. The van der Waals surface area contributed by atoms with Gasteiger partial charge in [-0.05, 0) is 49.7 Å². The van der Waals surface area contributed by atoms with Gasteiger partial charge in [0, 0.05) is 5.69 Å². The van der Waals surface area contributed by atoms with E-state index in [1.54, 1.807) is 31.2 Å². The van der Waals surface area contributed by atoms with Crippen molar-refractivity contribution >= 4 is 32.9 Å². The SMILES string of the molecule is CC1(NC(=O)Nc2ccc(N=Nc3ccccc3)cc2)CCS(=O)(=O)C1. The Bertz CT molecular complexity index is 911. The lowest BCUT2D eigenvalue weighted by atomic mass is 10.0. The Kier molecular flexibility index (Phi) is 5.03. The average Bonchev–Trinajstić information content (AvgIpc) is 2.88. The zero-order chi connectivity index (χ0) is 18.6. The van der Waals surface area contributed by atoms with Crippen LogP contribution in [0, 0.1) is 0 Å². The van der Waals surface area contributed by atoms with E-state index in [-0.39, 0.29) is 11.5 Å². The van der Waals surface area contributed by atoms with Crippen LogP contribution in [0.1, 0.15) is 13.3 Å². The third-order valence-corrected chi connectivity index (χ3v) is 5.98. The van der Waals surface area contributed by atoms with Gasteiger partial charge in [-0.15, -0.1) is 0 Å². The Balaban J connectivity index is 1.57. The molecule has 136 valence electrons. The second-order valence-electron chi connectivity index (χ2n) is 6.56. The number of sulfone groups is 1. The van der Waals surface area contributed by atoms with Gasteiger partial charge in [0.15, 0.2) is 9.84 Å². The molecule has 0 radical (unpaired) electrons. The number of rotatable bonds is 4. The third-order valence-electron chi connectivity index (χ3n) is 4.08. The van der Waals surface area contributed by atoms with Gasteiger partial charge in [0.25, 0.3) is 0 Å². The van der Waals surface area contributed by atoms with E-state index in [1.165, 1.54) is 0 Å². The van der Waals surface area contributed by atoms with Gasteiger partial charge in [-0.3, -0.25) is 0 Å². The number of nitrogens with zero attached hydrogens (tertiary/aromatic N) is 2. The lowest BCUT2D eigenvalue weighted by molar-refractivity contribution is 0.242. The lowest BCUT2D eigenvalue weighted by Crippen LogP contribution is -2.48. The first kappa shape index (κ1) is 18.1. The Morgan fingerprint density at radius 3 is 2.19 bits per heavy atom. The molecule has 8 heteroatoms. The van der Waals surface area contributed by atoms with Crippen molar-refractivity contribution in [3.63, 3.8) is 0 Å². The highest BCUT2D eigenvalue weighted by Crippen LogP contribution is 2.23. The van der Waals surface area contributed by atoms with E-state index in [4.69, 9.17) is 0 Å². The van der Waals surface area contributed by atoms with Crippen LogP contribution in [0.4, 0.5) is 21.9 Å². The highest BCUT2D eigenvalue weighted by Gasteiger charge is 2.39. The first-order valence-electron chi connectivity index (χ1n) is 8.20. The topological polar surface area (TPSA) is 100.0 Å². The normalized spacial score (nSPS) is 21.6. The third kappa shape index (κ3) is 4.89. The Morgan fingerprint density at radius 1 is 1.00 bits per heavy atom. The van der Waals surface area contributed by atoms with Gasteiger partial charge in [0.2, 0.25) is 0 Å². The number of hydrogen-bond acceptors (Lipinski definition) is 5. The van der Waals surface area contributed by atoms with Crippen molar-refractivity contribution in [1.29, 1.82) is 0 Å². The van der Waals surface area contributed by atoms with E-state index in [0.717, 1.165) is 5.69 Å². The minimum atomic E-state index is -3.07. The van der Waals surface area contributed by atoms with Crippen molar-refractivity contribution in [3.05, 3.63) is 54.6 Å². The Hall–Kier alpha value is -2.74. The van der Waals surface area contributed by atoms with Crippen LogP contribution >= 0.6 is 0 Å². The molecule has 1 aliphatic rings. The van der Waals surface area contributed by atoms with E-state index in [2.05, 4.69) is 20.9 Å². The fraction of sp³-hybridized carbons (Fsp3) is 0.278. The molecule has 2 aromatic carbocycles. The molecule has 0 aliphatic carbocycles. The summed E-state index contributed by atoms with van der Waals surface area (Å²) in [6.07, 6.45) is 0.418. The second kappa shape index (κ2) is 7.25. The van der Waals surface area contributed by atoms with Crippen LogP contribution in [0.3, 0.4) is 0 Å². The van der Waals surface area contributed by atoms with E-state index in [1.807, 2.05) is 30.3 Å². The minimum Gasteiger partial charge on any atom is -0.332 e. The molecular formula is C18H20N4O3S. The first-order chi connectivity index (χ1) is 12.3. The van der Waals surface area contributed by atoms with Crippen molar-refractivity contribution in [1.82, 2.24) is 5.32 Å². The minimum absolute atomic E-state index is 0.0355. The molecule has 0 aromatic heterocycles. The zero-order valence-corrected chi connectivity index (χ0v) is 15.2. The zero-order valence-electron chi connectivity index (χ0n) is 14.3. The molecule has 0 saturated carbocycles. The van der Waals surface area contributed by atoms with Crippen molar-refractivity contribution in [3.8, 4) is 0 Å². The molecule has 0 bridgehead atoms. The lowest BCUT2D eigenvalue weighted by Gasteiger charge is -2.24. The smallest absolute Gasteiger partial charge is 0.319 e. The molecule has 1 saturated heterocycles. The van der Waals surface area contributed by atoms with Crippen LogP contribution in [0.15, 0.2) is 64.8 Å². The number of nitrogens with one attached hydrogen (secondary N) is 2. The molecular weight excluding hydrogens is 352 g/mol. The summed E-state index contributed by atoms with van der Waals surface area (Å²) >= 11 is 0. The van der Waals surface area contributed by atoms with Crippen molar-refractivity contribution < 1.29 is 13.2 Å². The molecule has 1 aliphatic heterocycles. The van der Waals surface area contributed by atoms with E-state index < -0.39 is 21.4 Å². The monoisotopic (exact) mass is 372 g/mol. The predicted octanol–water partition coefficient (Wildman–Crippen LogP) is 3.80. The largest absolute Gasteiger partial charge is 0.332 e. The van der Waals surface area contributed by atoms with Crippen LogP contribution in [0.2, 0.25) is 0 Å². The standard InChI is InChI=1S/C18H20N4O3S/c1-18(11-12-26(24,25)13-18)20-17(23)19-14-7-9-16(10-8-14)22-21-15-5-3-2-4-6-15/h2-10H,11-13H2,1H3,(H2,19,20,23). The van der Waals surface area contributed by atoms with E-state index in [0.29, 0.717) is 17.8 Å². The van der Waals surface area contributed by atoms with Crippen LogP contribution in [0.5, 0.6) is 0 Å². The van der Waals surface area contributed by atoms with Gasteiger partial charge >= 0.3 is 6.03 Å². The summed E-state index contributed by atoms with van der Waals surface area (Å²) in [6.45, 7) is 1.74. The summed E-state index contributed by atoms with van der Waals surface area (Å²) in [4.78, 5) is 12.1. The van der Waals surface area contributed by atoms with Crippen LogP contribution in [-0.2, 0) is 9.84 Å². The van der Waals surface area contributed by atoms with Crippen molar-refractivity contribution in [2.75, 3.05) is 16.8 Å². The Morgan fingerprint density at radius 2 is 1.62 bits per heavy atom. The molecule has 7 nitrogen and oxygen atoms in total. The maximum Gasteiger partial charge on any atom is 0.319 e. The summed E-state index contributed by atoms with van der Waals surface area (Å²) < 4.78 is 23.2. The number of benzene rings is 2. The number of anilines is 1. The number of carbonyl (C=O) groups is 1. The number of hydrogen-bond donors (Lipinski definition) is 2. The molecule has 1 heterocycles. The maximum atomic E-state index is 12.1. The quantitative estimate of drug-likeness (QED) is 0.798. The van der Waals surface area contributed by atoms with Crippen molar-refractivity contribution in [2.24, 2.45) is 10.2 Å². The second-order valence-corrected chi connectivity index (χ2v) is 8.75. The summed E-state index contributed by atoms with van der Waals surface area (Å²) in [5, 5.41) is 13.7. The van der Waals surface area contributed by atoms with Gasteiger partial charge in [0.1, 0.15) is 0 Å². The molecule has 2 aromatic rings. The molecule has 2 amide bonds. The van der Waals surface area contributed by atoms with Crippen molar-refractivity contribution in [2.45, 2.75) is 18.9 Å². The molecule has 1 unspecified atom stereocenters. The van der Waals surface area contributed by atoms with E-state index >= 15 is 0 Å². The number of amides is 2. The van der Waals surface area contributed by atoms with Gasteiger partial charge in [-0.2, -0.15) is 10.2 Å². The van der Waals surface area contributed by atoms with Gasteiger partial charge in [0.05, 0.1) is 28.4 Å². The summed E-state index contributed by atoms with van der Waals surface area (Å²) in [6, 6.07) is 15.9. The average molecular weight is 372 g/mol. The van der Waals surface area contributed by atoms with Crippen LogP contribution in [0.25, 0.3) is 0 Å². The molecule has 1 atom stereocenters.